The highest BCUT2D eigenvalue weighted by molar-refractivity contribution is 9.10. The van der Waals surface area contributed by atoms with Gasteiger partial charge in [-0.3, -0.25) is 4.79 Å². The zero-order chi connectivity index (χ0) is 15.2. The van der Waals surface area contributed by atoms with Crippen LogP contribution in [0.3, 0.4) is 0 Å². The van der Waals surface area contributed by atoms with E-state index in [4.69, 9.17) is 20.8 Å². The third kappa shape index (κ3) is 4.91. The molecule has 0 aliphatic carbocycles. The topological polar surface area (TPSA) is 63.8 Å². The fraction of sp³-hybridized carbons (Fsp3) is 0.143. The minimum Gasteiger partial charge on any atom is -0.484 e. The van der Waals surface area contributed by atoms with E-state index in [0.29, 0.717) is 21.2 Å². The molecule has 1 aromatic carbocycles. The molecule has 110 valence electrons. The van der Waals surface area contributed by atoms with Crippen molar-refractivity contribution in [3.8, 4) is 5.75 Å². The van der Waals surface area contributed by atoms with Gasteiger partial charge in [0.25, 0.3) is 5.91 Å². The molecule has 0 spiro atoms. The molecule has 7 heteroatoms. The first-order valence-corrected chi connectivity index (χ1v) is 7.18. The van der Waals surface area contributed by atoms with Gasteiger partial charge in [-0.1, -0.05) is 11.6 Å². The van der Waals surface area contributed by atoms with Crippen LogP contribution in [-0.2, 0) is 4.79 Å². The number of carbonyl (C=O) groups excluding carboxylic acids is 1. The zero-order valence-electron chi connectivity index (χ0n) is 11.1. The van der Waals surface area contributed by atoms with Crippen molar-refractivity contribution in [2.75, 3.05) is 6.61 Å². The molecule has 0 radical (unpaired) electrons. The van der Waals surface area contributed by atoms with Crippen LogP contribution in [0.4, 0.5) is 0 Å². The number of carbonyl (C=O) groups is 1. The Morgan fingerprint density at radius 2 is 2.29 bits per heavy atom. The number of nitrogens with one attached hydrogen (secondary N) is 1. The van der Waals surface area contributed by atoms with Crippen molar-refractivity contribution >= 4 is 39.7 Å². The molecule has 1 amide bonds. The molecule has 2 aromatic rings. The zero-order valence-corrected chi connectivity index (χ0v) is 13.4. The van der Waals surface area contributed by atoms with Crippen molar-refractivity contribution in [1.82, 2.24) is 5.43 Å². The number of furan rings is 1. The second kappa shape index (κ2) is 7.28. The Kier molecular flexibility index (Phi) is 5.41. The number of halogens is 2. The molecule has 0 aliphatic rings. The minimum atomic E-state index is -0.371. The number of benzene rings is 1. The van der Waals surface area contributed by atoms with E-state index in [1.54, 1.807) is 30.3 Å². The van der Waals surface area contributed by atoms with Gasteiger partial charge in [0.1, 0.15) is 11.5 Å². The fourth-order valence-corrected chi connectivity index (χ4v) is 1.89. The highest BCUT2D eigenvalue weighted by Crippen LogP contribution is 2.20. The molecule has 0 saturated carbocycles. The Morgan fingerprint density at radius 3 is 2.95 bits per heavy atom. The quantitative estimate of drug-likeness (QED) is 0.646. The predicted octanol–water partition coefficient (Wildman–Crippen LogP) is 3.53. The van der Waals surface area contributed by atoms with Gasteiger partial charge in [0.05, 0.1) is 6.21 Å². The van der Waals surface area contributed by atoms with Gasteiger partial charge < -0.3 is 9.15 Å². The van der Waals surface area contributed by atoms with Crippen LogP contribution in [-0.4, -0.2) is 18.7 Å². The van der Waals surface area contributed by atoms with Crippen LogP contribution >= 0.6 is 27.5 Å². The molecule has 1 N–H and O–H groups in total. The lowest BCUT2D eigenvalue weighted by atomic mass is 10.2. The average molecular weight is 372 g/mol. The summed E-state index contributed by atoms with van der Waals surface area (Å²) in [6, 6.07) is 8.63. The van der Waals surface area contributed by atoms with E-state index >= 15 is 0 Å². The number of nitrogens with zero attached hydrogens (tertiary/aromatic N) is 1. The molecule has 0 saturated heterocycles. The van der Waals surface area contributed by atoms with Gasteiger partial charge in [0, 0.05) is 5.02 Å². The summed E-state index contributed by atoms with van der Waals surface area (Å²) in [5.41, 5.74) is 3.23. The number of ether oxygens (including phenoxy) is 1. The summed E-state index contributed by atoms with van der Waals surface area (Å²) in [6.45, 7) is 1.72. The van der Waals surface area contributed by atoms with Crippen LogP contribution in [0.5, 0.6) is 5.75 Å². The first-order chi connectivity index (χ1) is 10.0. The maximum atomic E-state index is 11.5. The Labute approximate surface area is 135 Å². The molecular weight excluding hydrogens is 360 g/mol. The van der Waals surface area contributed by atoms with Gasteiger partial charge in [-0.15, -0.1) is 0 Å². The van der Waals surface area contributed by atoms with Crippen LogP contribution in [0.1, 0.15) is 11.3 Å². The van der Waals surface area contributed by atoms with Crippen LogP contribution in [0.2, 0.25) is 5.02 Å². The number of rotatable bonds is 5. The van der Waals surface area contributed by atoms with Crippen LogP contribution in [0, 0.1) is 6.92 Å². The van der Waals surface area contributed by atoms with Gasteiger partial charge >= 0.3 is 0 Å². The normalized spacial score (nSPS) is 10.8. The number of amides is 1. The summed E-state index contributed by atoms with van der Waals surface area (Å²) in [7, 11) is 0. The molecule has 1 aromatic heterocycles. The lowest BCUT2D eigenvalue weighted by molar-refractivity contribution is -0.123. The standard InChI is InChI=1S/C14H12BrClN2O3/c1-9-6-10(2-4-12(9)16)20-8-14(19)18-17-7-11-3-5-13(15)21-11/h2-7H,8H2,1H3,(H,18,19)/b17-7+. The van der Waals surface area contributed by atoms with Crippen molar-refractivity contribution in [2.24, 2.45) is 5.10 Å². The summed E-state index contributed by atoms with van der Waals surface area (Å²) in [6.07, 6.45) is 1.40. The van der Waals surface area contributed by atoms with Gasteiger partial charge in [-0.25, -0.2) is 5.43 Å². The largest absolute Gasteiger partial charge is 0.484 e. The minimum absolute atomic E-state index is 0.139. The van der Waals surface area contributed by atoms with Crippen LogP contribution in [0.15, 0.2) is 44.5 Å². The molecule has 1 heterocycles. The highest BCUT2D eigenvalue weighted by Gasteiger charge is 2.03. The van der Waals surface area contributed by atoms with Crippen LogP contribution < -0.4 is 10.2 Å². The molecule has 0 fully saturated rings. The van der Waals surface area contributed by atoms with E-state index in [9.17, 15) is 4.79 Å². The third-order valence-corrected chi connectivity index (χ3v) is 3.32. The molecule has 21 heavy (non-hydrogen) atoms. The fourth-order valence-electron chi connectivity index (χ4n) is 1.45. The third-order valence-electron chi connectivity index (χ3n) is 2.47. The molecule has 0 unspecified atom stereocenters. The van der Waals surface area contributed by atoms with Crippen molar-refractivity contribution in [2.45, 2.75) is 6.92 Å². The average Bonchev–Trinajstić information content (AvgIpc) is 2.86. The highest BCUT2D eigenvalue weighted by atomic mass is 79.9. The molecule has 0 aliphatic heterocycles. The van der Waals surface area contributed by atoms with E-state index in [1.165, 1.54) is 6.21 Å². The maximum Gasteiger partial charge on any atom is 0.277 e. The lowest BCUT2D eigenvalue weighted by Crippen LogP contribution is -2.24. The summed E-state index contributed by atoms with van der Waals surface area (Å²) >= 11 is 9.08. The van der Waals surface area contributed by atoms with E-state index in [0.717, 1.165) is 5.56 Å². The maximum absolute atomic E-state index is 11.5. The SMILES string of the molecule is Cc1cc(OCC(=O)N/N=C/c2ccc(Br)o2)ccc1Cl. The summed E-state index contributed by atoms with van der Waals surface area (Å²) < 4.78 is 11.1. The van der Waals surface area contributed by atoms with Crippen molar-refractivity contribution < 1.29 is 13.9 Å². The summed E-state index contributed by atoms with van der Waals surface area (Å²) in [5, 5.41) is 4.41. The van der Waals surface area contributed by atoms with Crippen molar-refractivity contribution in [3.05, 3.63) is 51.3 Å². The Bertz CT molecular complexity index is 670. The van der Waals surface area contributed by atoms with Gasteiger partial charge in [0.15, 0.2) is 11.3 Å². The van der Waals surface area contributed by atoms with Crippen LogP contribution in [0.25, 0.3) is 0 Å². The lowest BCUT2D eigenvalue weighted by Gasteiger charge is -2.06. The predicted molar refractivity (Wildman–Crippen MR) is 83.8 cm³/mol. The Hall–Kier alpha value is -1.79. The number of aryl methyl sites for hydroxylation is 1. The molecule has 5 nitrogen and oxygen atoms in total. The molecule has 0 atom stereocenters. The first-order valence-electron chi connectivity index (χ1n) is 6.01. The monoisotopic (exact) mass is 370 g/mol. The smallest absolute Gasteiger partial charge is 0.277 e. The number of hydrogen-bond donors (Lipinski definition) is 1. The van der Waals surface area contributed by atoms with Gasteiger partial charge in [0.2, 0.25) is 0 Å². The Balaban J connectivity index is 1.79. The summed E-state index contributed by atoms with van der Waals surface area (Å²) in [5.74, 6) is 0.729. The first kappa shape index (κ1) is 15.6. The van der Waals surface area contributed by atoms with Gasteiger partial charge in [-0.05, 0) is 58.7 Å². The second-order valence-electron chi connectivity index (χ2n) is 4.13. The van der Waals surface area contributed by atoms with Crippen molar-refractivity contribution in [1.29, 1.82) is 0 Å². The van der Waals surface area contributed by atoms with E-state index in [2.05, 4.69) is 26.5 Å². The van der Waals surface area contributed by atoms with Gasteiger partial charge in [-0.2, -0.15) is 5.10 Å². The van der Waals surface area contributed by atoms with E-state index in [-0.39, 0.29) is 12.5 Å². The van der Waals surface area contributed by atoms with E-state index < -0.39 is 0 Å². The molecular formula is C14H12BrClN2O3. The Morgan fingerprint density at radius 1 is 1.48 bits per heavy atom. The molecule has 0 bridgehead atoms. The number of hydrogen-bond acceptors (Lipinski definition) is 4. The van der Waals surface area contributed by atoms with E-state index in [1.807, 2.05) is 6.92 Å². The summed E-state index contributed by atoms with van der Waals surface area (Å²) in [4.78, 5) is 11.5. The molecule has 2 rings (SSSR count). The second-order valence-corrected chi connectivity index (χ2v) is 5.32. The van der Waals surface area contributed by atoms with Crippen molar-refractivity contribution in [3.63, 3.8) is 0 Å². The number of hydrazone groups is 1.